The highest BCUT2D eigenvalue weighted by atomic mass is 16.7. The minimum Gasteiger partial charge on any atom is -0.495 e. The lowest BCUT2D eigenvalue weighted by Gasteiger charge is -2.11. The van der Waals surface area contributed by atoms with Gasteiger partial charge in [-0.25, -0.2) is 0 Å². The zero-order valence-corrected chi connectivity index (χ0v) is 15.4. The van der Waals surface area contributed by atoms with Crippen molar-refractivity contribution < 1.29 is 19.3 Å². The van der Waals surface area contributed by atoms with Gasteiger partial charge in [0.2, 0.25) is 0 Å². The molecule has 0 fully saturated rings. The van der Waals surface area contributed by atoms with Gasteiger partial charge < -0.3 is 14.9 Å². The molecule has 0 spiro atoms. The number of anilines is 1. The molecule has 0 atom stereocenters. The van der Waals surface area contributed by atoms with Crippen LogP contribution in [0.15, 0.2) is 71.7 Å². The highest BCUT2D eigenvalue weighted by Gasteiger charge is 2.15. The van der Waals surface area contributed by atoms with Crippen LogP contribution in [0, 0.1) is 10.1 Å². The number of ether oxygens (including phenoxy) is 1. The summed E-state index contributed by atoms with van der Waals surface area (Å²) in [6.07, 6.45) is 1.38. The van der Waals surface area contributed by atoms with Gasteiger partial charge >= 0.3 is 0 Å². The number of carbonyl (C=O) groups excluding carboxylic acids is 1. The molecule has 0 aliphatic rings. The second-order valence-corrected chi connectivity index (χ2v) is 5.90. The van der Waals surface area contributed by atoms with Crippen molar-refractivity contribution >= 4 is 17.3 Å². The Morgan fingerprint density at radius 1 is 1.10 bits per heavy atom. The average Bonchev–Trinajstić information content (AvgIpc) is 2.73. The summed E-state index contributed by atoms with van der Waals surface area (Å²) >= 11 is 0. The molecule has 1 amide bonds. The zero-order valence-electron chi connectivity index (χ0n) is 15.4. The van der Waals surface area contributed by atoms with Crippen molar-refractivity contribution in [2.75, 3.05) is 12.4 Å². The van der Waals surface area contributed by atoms with Gasteiger partial charge in [-0.05, 0) is 42.0 Å². The van der Waals surface area contributed by atoms with E-state index in [0.29, 0.717) is 17.0 Å². The molecule has 2 aromatic carbocycles. The second kappa shape index (κ2) is 8.70. The number of aromatic nitrogens is 1. The van der Waals surface area contributed by atoms with Crippen LogP contribution in [-0.4, -0.2) is 22.7 Å². The average molecular weight is 395 g/mol. The molecular weight excluding hydrogens is 378 g/mol. The molecule has 3 aromatic rings. The predicted octanol–water partition coefficient (Wildman–Crippen LogP) is 2.65. The fraction of sp³-hybridized carbons (Fsp3) is 0.100. The minimum atomic E-state index is -0.637. The number of non-ortho nitro benzene ring substituents is 1. The number of hydrogen-bond donors (Lipinski definition) is 1. The zero-order chi connectivity index (χ0) is 20.8. The summed E-state index contributed by atoms with van der Waals surface area (Å²) in [4.78, 5) is 40.7. The van der Waals surface area contributed by atoms with Crippen LogP contribution in [0.4, 0.5) is 11.4 Å². The normalized spacial score (nSPS) is 10.2. The molecule has 0 unspecified atom stereocenters. The van der Waals surface area contributed by atoms with Crippen LogP contribution in [0.2, 0.25) is 0 Å². The molecule has 148 valence electrons. The van der Waals surface area contributed by atoms with Crippen LogP contribution >= 0.6 is 0 Å². The number of nitro groups is 1. The van der Waals surface area contributed by atoms with E-state index in [9.17, 15) is 19.7 Å². The minimum absolute atomic E-state index is 0.00448. The van der Waals surface area contributed by atoms with Gasteiger partial charge in [-0.3, -0.25) is 19.7 Å². The molecule has 0 radical (unpaired) electrons. The quantitative estimate of drug-likeness (QED) is 0.486. The van der Waals surface area contributed by atoms with Gasteiger partial charge in [0.25, 0.3) is 17.2 Å². The Morgan fingerprint density at radius 2 is 1.83 bits per heavy atom. The molecule has 3 rings (SSSR count). The summed E-state index contributed by atoms with van der Waals surface area (Å²) in [5, 5.41) is 13.3. The molecule has 0 saturated heterocycles. The van der Waals surface area contributed by atoms with Crippen molar-refractivity contribution in [2.45, 2.75) is 6.61 Å². The maximum absolute atomic E-state index is 12.6. The molecule has 1 N–H and O–H groups in total. The van der Waals surface area contributed by atoms with E-state index in [2.05, 4.69) is 5.32 Å². The number of nitrogens with zero attached hydrogens (tertiary/aromatic N) is 2. The third kappa shape index (κ3) is 4.59. The number of hydrogen-bond acceptors (Lipinski definition) is 6. The largest absolute Gasteiger partial charge is 0.495 e. The van der Waals surface area contributed by atoms with Crippen molar-refractivity contribution in [1.29, 1.82) is 0 Å². The molecule has 9 heteroatoms. The van der Waals surface area contributed by atoms with Crippen molar-refractivity contribution in [1.82, 2.24) is 4.73 Å². The first-order valence-electron chi connectivity index (χ1n) is 8.52. The maximum atomic E-state index is 12.6. The van der Waals surface area contributed by atoms with Crippen LogP contribution in [0.1, 0.15) is 15.9 Å². The SMILES string of the molecule is COc1ccccc1NC(=O)c1cccn(OCc2ccc([N+](=O)[O-])cc2)c1=O. The summed E-state index contributed by atoms with van der Waals surface area (Å²) in [6.45, 7) is -0.00448. The lowest BCUT2D eigenvalue weighted by Crippen LogP contribution is -2.32. The van der Waals surface area contributed by atoms with E-state index in [-0.39, 0.29) is 17.9 Å². The van der Waals surface area contributed by atoms with Crippen LogP contribution in [0.25, 0.3) is 0 Å². The highest BCUT2D eigenvalue weighted by Crippen LogP contribution is 2.23. The summed E-state index contributed by atoms with van der Waals surface area (Å²) in [7, 11) is 1.48. The topological polar surface area (TPSA) is 113 Å². The summed E-state index contributed by atoms with van der Waals surface area (Å²) in [5.41, 5.74) is 0.276. The first kappa shape index (κ1) is 19.6. The Morgan fingerprint density at radius 3 is 2.52 bits per heavy atom. The van der Waals surface area contributed by atoms with E-state index in [4.69, 9.17) is 9.57 Å². The molecule has 29 heavy (non-hydrogen) atoms. The third-order valence-electron chi connectivity index (χ3n) is 4.03. The lowest BCUT2D eigenvalue weighted by atomic mass is 10.2. The Labute approximate surface area is 165 Å². The van der Waals surface area contributed by atoms with Gasteiger partial charge in [0.05, 0.1) is 17.7 Å². The number of nitro benzene ring substituents is 1. The number of benzene rings is 2. The molecule has 1 heterocycles. The smallest absolute Gasteiger partial charge is 0.295 e. The standard InChI is InChI=1S/C20H17N3O6/c1-28-18-7-3-2-6-17(18)21-19(24)16-5-4-12-22(20(16)25)29-13-14-8-10-15(11-9-14)23(26)27/h2-12H,13H2,1H3,(H,21,24). The van der Waals surface area contributed by atoms with E-state index in [1.807, 2.05) is 0 Å². The number of para-hydroxylation sites is 2. The number of amides is 1. The van der Waals surface area contributed by atoms with Crippen LogP contribution in [0.5, 0.6) is 5.75 Å². The molecule has 0 aliphatic carbocycles. The van der Waals surface area contributed by atoms with Crippen molar-refractivity contribution in [3.05, 3.63) is 98.5 Å². The molecule has 1 aromatic heterocycles. The lowest BCUT2D eigenvalue weighted by molar-refractivity contribution is -0.384. The predicted molar refractivity (Wildman–Crippen MR) is 105 cm³/mol. The fourth-order valence-electron chi connectivity index (χ4n) is 2.55. The van der Waals surface area contributed by atoms with Gasteiger partial charge in [0.15, 0.2) is 0 Å². The van der Waals surface area contributed by atoms with Crippen LogP contribution in [-0.2, 0) is 6.61 Å². The number of carbonyl (C=O) groups is 1. The van der Waals surface area contributed by atoms with Crippen molar-refractivity contribution in [2.24, 2.45) is 0 Å². The number of nitrogens with one attached hydrogen (secondary N) is 1. The van der Waals surface area contributed by atoms with Crippen LogP contribution < -0.4 is 20.5 Å². The number of pyridine rings is 1. The number of rotatable bonds is 7. The van der Waals surface area contributed by atoms with E-state index in [1.54, 1.807) is 24.3 Å². The Balaban J connectivity index is 1.74. The third-order valence-corrected chi connectivity index (χ3v) is 4.03. The fourth-order valence-corrected chi connectivity index (χ4v) is 2.55. The van der Waals surface area contributed by atoms with Crippen LogP contribution in [0.3, 0.4) is 0 Å². The van der Waals surface area contributed by atoms with Gasteiger partial charge in [-0.1, -0.05) is 12.1 Å². The van der Waals surface area contributed by atoms with E-state index >= 15 is 0 Å². The summed E-state index contributed by atoms with van der Waals surface area (Å²) in [6, 6.07) is 15.5. The summed E-state index contributed by atoms with van der Waals surface area (Å²) < 4.78 is 6.12. The summed E-state index contributed by atoms with van der Waals surface area (Å²) in [5.74, 6) is -0.140. The maximum Gasteiger partial charge on any atom is 0.295 e. The second-order valence-electron chi connectivity index (χ2n) is 5.90. The van der Waals surface area contributed by atoms with Gasteiger partial charge in [-0.15, -0.1) is 0 Å². The first-order valence-corrected chi connectivity index (χ1v) is 8.52. The molecular formula is C20H17N3O6. The first-order chi connectivity index (χ1) is 14.0. The number of methoxy groups -OCH3 is 1. The Kier molecular flexibility index (Phi) is 5.88. The van der Waals surface area contributed by atoms with E-state index in [1.165, 1.54) is 49.7 Å². The van der Waals surface area contributed by atoms with E-state index < -0.39 is 16.4 Å². The van der Waals surface area contributed by atoms with Crippen molar-refractivity contribution in [3.8, 4) is 5.75 Å². The molecule has 0 saturated carbocycles. The van der Waals surface area contributed by atoms with Gasteiger partial charge in [0.1, 0.15) is 17.9 Å². The molecule has 9 nitrogen and oxygen atoms in total. The Hall–Kier alpha value is -4.14. The molecule has 0 bridgehead atoms. The van der Waals surface area contributed by atoms with E-state index in [0.717, 1.165) is 4.73 Å². The highest BCUT2D eigenvalue weighted by molar-refractivity contribution is 6.04. The van der Waals surface area contributed by atoms with Gasteiger partial charge in [-0.2, -0.15) is 4.73 Å². The van der Waals surface area contributed by atoms with Crippen molar-refractivity contribution in [3.63, 3.8) is 0 Å². The monoisotopic (exact) mass is 395 g/mol. The Bertz CT molecular complexity index is 1090. The van der Waals surface area contributed by atoms with Gasteiger partial charge in [0, 0.05) is 18.3 Å². The molecule has 0 aliphatic heterocycles.